The number of unbranched alkanes of at least 4 members (excludes halogenated alkanes) is 31. The van der Waals surface area contributed by atoms with Gasteiger partial charge in [0.2, 0.25) is 0 Å². The summed E-state index contributed by atoms with van der Waals surface area (Å²) in [6.45, 7) is 11.3. The Morgan fingerprint density at radius 1 is 0.328 bits per heavy atom. The molecule has 0 amide bonds. The molecule has 0 heterocycles. The van der Waals surface area contributed by atoms with Gasteiger partial charge in [-0.15, -0.1) is 0 Å². The van der Waals surface area contributed by atoms with Crippen molar-refractivity contribution in [3.8, 4) is 0 Å². The van der Waals surface area contributed by atoms with Gasteiger partial charge in [-0.1, -0.05) is 247 Å². The summed E-state index contributed by atoms with van der Waals surface area (Å²) < 4.78 is 16.8. The van der Waals surface area contributed by atoms with Crippen molar-refractivity contribution in [1.29, 1.82) is 0 Å². The minimum Gasteiger partial charge on any atom is -0.462 e. The molecule has 0 N–H and O–H groups in total. The lowest BCUT2D eigenvalue weighted by molar-refractivity contribution is -0.167. The average molecular weight is 821 g/mol. The number of esters is 3. The average Bonchev–Trinajstić information content (AvgIpc) is 3.19. The van der Waals surface area contributed by atoms with E-state index < -0.39 is 6.10 Å². The molecule has 0 saturated heterocycles. The van der Waals surface area contributed by atoms with Crippen LogP contribution in [0.5, 0.6) is 0 Å². The minimum absolute atomic E-state index is 0.0643. The molecule has 0 aliphatic rings. The van der Waals surface area contributed by atoms with E-state index in [0.717, 1.165) is 69.6 Å². The van der Waals surface area contributed by atoms with Crippen LogP contribution in [0.3, 0.4) is 0 Å². The van der Waals surface area contributed by atoms with Crippen molar-refractivity contribution in [3.63, 3.8) is 0 Å². The highest BCUT2D eigenvalue weighted by atomic mass is 16.6. The second-order valence-electron chi connectivity index (χ2n) is 18.8. The summed E-state index contributed by atoms with van der Waals surface area (Å²) in [5.74, 6) is 0.764. The van der Waals surface area contributed by atoms with Gasteiger partial charge in [0.05, 0.1) is 0 Å². The molecule has 0 aromatic carbocycles. The van der Waals surface area contributed by atoms with Crippen LogP contribution in [0.25, 0.3) is 0 Å². The van der Waals surface area contributed by atoms with E-state index in [2.05, 4.69) is 34.6 Å². The zero-order valence-corrected chi connectivity index (χ0v) is 39.7. The molecule has 0 aromatic heterocycles. The van der Waals surface area contributed by atoms with E-state index in [1.165, 1.54) is 173 Å². The first-order valence-electron chi connectivity index (χ1n) is 25.7. The number of carbonyl (C=O) groups excluding carboxylic acids is 3. The second kappa shape index (κ2) is 44.9. The van der Waals surface area contributed by atoms with Crippen molar-refractivity contribution in [3.05, 3.63) is 0 Å². The number of carbonyl (C=O) groups is 3. The fourth-order valence-corrected chi connectivity index (χ4v) is 7.81. The van der Waals surface area contributed by atoms with Gasteiger partial charge in [-0.05, 0) is 31.1 Å². The van der Waals surface area contributed by atoms with Crippen LogP contribution in [0, 0.1) is 11.8 Å². The van der Waals surface area contributed by atoms with E-state index >= 15 is 0 Å². The Balaban J connectivity index is 4.31. The molecular weight excluding hydrogens is 721 g/mol. The molecule has 0 unspecified atom stereocenters. The van der Waals surface area contributed by atoms with Gasteiger partial charge in [0, 0.05) is 19.3 Å². The highest BCUT2D eigenvalue weighted by Crippen LogP contribution is 2.17. The molecule has 0 radical (unpaired) electrons. The summed E-state index contributed by atoms with van der Waals surface area (Å²) in [7, 11) is 0. The van der Waals surface area contributed by atoms with Crippen LogP contribution in [-0.4, -0.2) is 37.2 Å². The molecule has 6 nitrogen and oxygen atoms in total. The van der Waals surface area contributed by atoms with Gasteiger partial charge in [-0.25, -0.2) is 0 Å². The highest BCUT2D eigenvalue weighted by Gasteiger charge is 2.19. The maximum Gasteiger partial charge on any atom is 0.306 e. The van der Waals surface area contributed by atoms with Crippen molar-refractivity contribution in [1.82, 2.24) is 0 Å². The summed E-state index contributed by atoms with van der Waals surface area (Å²) in [6.07, 6.45) is 45.2. The molecule has 0 aromatic rings. The first-order chi connectivity index (χ1) is 28.2. The van der Waals surface area contributed by atoms with Gasteiger partial charge in [-0.2, -0.15) is 0 Å². The van der Waals surface area contributed by atoms with Gasteiger partial charge in [0.1, 0.15) is 13.2 Å². The quantitative estimate of drug-likeness (QED) is 0.0346. The molecule has 1 atom stereocenters. The Hall–Kier alpha value is -1.59. The van der Waals surface area contributed by atoms with E-state index in [4.69, 9.17) is 14.2 Å². The van der Waals surface area contributed by atoms with Gasteiger partial charge < -0.3 is 14.2 Å². The predicted molar refractivity (Wildman–Crippen MR) is 247 cm³/mol. The van der Waals surface area contributed by atoms with Crippen LogP contribution in [0.1, 0.15) is 285 Å². The molecule has 6 heteroatoms. The van der Waals surface area contributed by atoms with E-state index in [9.17, 15) is 14.4 Å². The topological polar surface area (TPSA) is 78.9 Å². The van der Waals surface area contributed by atoms with Crippen LogP contribution < -0.4 is 0 Å². The Labute approximate surface area is 361 Å². The van der Waals surface area contributed by atoms with E-state index in [0.29, 0.717) is 19.3 Å². The van der Waals surface area contributed by atoms with Crippen molar-refractivity contribution >= 4 is 17.9 Å². The van der Waals surface area contributed by atoms with Gasteiger partial charge in [0.15, 0.2) is 6.10 Å². The van der Waals surface area contributed by atoms with Gasteiger partial charge >= 0.3 is 17.9 Å². The maximum absolute atomic E-state index is 12.8. The van der Waals surface area contributed by atoms with Crippen LogP contribution >= 0.6 is 0 Å². The lowest BCUT2D eigenvalue weighted by Crippen LogP contribution is -2.30. The van der Waals surface area contributed by atoms with Crippen molar-refractivity contribution in [2.75, 3.05) is 13.2 Å². The van der Waals surface area contributed by atoms with E-state index in [-0.39, 0.29) is 31.1 Å². The number of rotatable bonds is 46. The number of hydrogen-bond acceptors (Lipinski definition) is 6. The Morgan fingerprint density at radius 3 is 0.845 bits per heavy atom. The van der Waals surface area contributed by atoms with Gasteiger partial charge in [0.25, 0.3) is 0 Å². The molecule has 0 aliphatic heterocycles. The molecule has 0 spiro atoms. The second-order valence-corrected chi connectivity index (χ2v) is 18.8. The smallest absolute Gasteiger partial charge is 0.306 e. The lowest BCUT2D eigenvalue weighted by Gasteiger charge is -2.18. The molecular formula is C52H100O6. The first kappa shape index (κ1) is 56.4. The van der Waals surface area contributed by atoms with Gasteiger partial charge in [-0.3, -0.25) is 14.4 Å². The van der Waals surface area contributed by atoms with Crippen molar-refractivity contribution in [2.24, 2.45) is 11.8 Å². The van der Waals surface area contributed by atoms with Crippen molar-refractivity contribution in [2.45, 2.75) is 291 Å². The first-order valence-corrected chi connectivity index (χ1v) is 25.7. The van der Waals surface area contributed by atoms with E-state index in [1.54, 1.807) is 0 Å². The summed E-state index contributed by atoms with van der Waals surface area (Å²) >= 11 is 0. The maximum atomic E-state index is 12.8. The SMILES string of the molecule is CCCCCCCCCCCCCCCCCCC(=O)O[C@H](COC(=O)CCCCCCCCCCCCC(C)C)COC(=O)CCCCCCCCCCC(C)C. The summed E-state index contributed by atoms with van der Waals surface area (Å²) in [4.78, 5) is 37.9. The number of ether oxygens (including phenoxy) is 3. The Bertz CT molecular complexity index is 885. The lowest BCUT2D eigenvalue weighted by atomic mass is 10.0. The Morgan fingerprint density at radius 2 is 0.569 bits per heavy atom. The molecule has 0 rings (SSSR count). The zero-order valence-electron chi connectivity index (χ0n) is 39.7. The molecule has 58 heavy (non-hydrogen) atoms. The third-order valence-electron chi connectivity index (χ3n) is 11.7. The van der Waals surface area contributed by atoms with Crippen molar-refractivity contribution < 1.29 is 28.6 Å². The standard InChI is InChI=1S/C52H100O6/c1-6-7-8-9-10-11-12-13-14-15-16-17-22-29-34-39-44-52(55)58-49(46-57-51(54)43-38-33-28-24-23-26-31-36-41-48(4)5)45-56-50(53)42-37-32-27-21-19-18-20-25-30-35-40-47(2)3/h47-49H,6-46H2,1-5H3/t49-/m1/s1. The summed E-state index contributed by atoms with van der Waals surface area (Å²) in [6, 6.07) is 0. The molecule has 0 saturated carbocycles. The normalized spacial score (nSPS) is 12.1. The van der Waals surface area contributed by atoms with Crippen LogP contribution in [0.15, 0.2) is 0 Å². The number of hydrogen-bond donors (Lipinski definition) is 0. The summed E-state index contributed by atoms with van der Waals surface area (Å²) in [5.41, 5.74) is 0. The predicted octanol–water partition coefficient (Wildman–Crippen LogP) is 16.5. The van der Waals surface area contributed by atoms with Crippen LogP contribution in [0.2, 0.25) is 0 Å². The fraction of sp³-hybridized carbons (Fsp3) is 0.942. The Kier molecular flexibility index (Phi) is 43.7. The largest absolute Gasteiger partial charge is 0.462 e. The molecule has 0 bridgehead atoms. The molecule has 0 fully saturated rings. The molecule has 344 valence electrons. The van der Waals surface area contributed by atoms with Crippen LogP contribution in [-0.2, 0) is 28.6 Å². The van der Waals surface area contributed by atoms with Crippen LogP contribution in [0.4, 0.5) is 0 Å². The monoisotopic (exact) mass is 821 g/mol. The fourth-order valence-electron chi connectivity index (χ4n) is 7.81. The molecule has 0 aliphatic carbocycles. The third-order valence-corrected chi connectivity index (χ3v) is 11.7. The highest BCUT2D eigenvalue weighted by molar-refractivity contribution is 5.71. The summed E-state index contributed by atoms with van der Waals surface area (Å²) in [5, 5.41) is 0. The van der Waals surface area contributed by atoms with E-state index in [1.807, 2.05) is 0 Å². The third kappa shape index (κ3) is 45.5. The minimum atomic E-state index is -0.762. The zero-order chi connectivity index (χ0) is 42.6.